The summed E-state index contributed by atoms with van der Waals surface area (Å²) in [6, 6.07) is 16.7. The summed E-state index contributed by atoms with van der Waals surface area (Å²) < 4.78 is 6.35. The van der Waals surface area contributed by atoms with Crippen LogP contribution in [0.25, 0.3) is 22.3 Å². The number of hydrogen-bond donors (Lipinski definition) is 2. The maximum atomic E-state index is 13.2. The molecule has 0 fully saturated rings. The van der Waals surface area contributed by atoms with Crippen LogP contribution < -0.4 is 16.5 Å². The van der Waals surface area contributed by atoms with Crippen molar-refractivity contribution in [2.24, 2.45) is 5.73 Å². The summed E-state index contributed by atoms with van der Waals surface area (Å²) in [5.41, 5.74) is 10.6. The van der Waals surface area contributed by atoms with Gasteiger partial charge in [-0.3, -0.25) is 9.59 Å². The van der Waals surface area contributed by atoms with Gasteiger partial charge in [0.1, 0.15) is 11.3 Å². The molecule has 0 saturated heterocycles. The van der Waals surface area contributed by atoms with Crippen LogP contribution in [0.4, 0.5) is 5.69 Å². The van der Waals surface area contributed by atoms with Crippen molar-refractivity contribution in [1.82, 2.24) is 4.98 Å². The molecular weight excluding hydrogens is 402 g/mol. The van der Waals surface area contributed by atoms with Gasteiger partial charge >= 0.3 is 0 Å². The number of nitrogens with zero attached hydrogens (tertiary/aromatic N) is 1. The van der Waals surface area contributed by atoms with Gasteiger partial charge in [-0.15, -0.1) is 0 Å². The lowest BCUT2D eigenvalue weighted by atomic mass is 9.98. The van der Waals surface area contributed by atoms with E-state index in [1.165, 1.54) is 0 Å². The van der Waals surface area contributed by atoms with Crippen molar-refractivity contribution >= 4 is 22.6 Å². The molecule has 1 unspecified atom stereocenters. The molecular formula is C26H25N3O3. The monoisotopic (exact) mass is 427 g/mol. The van der Waals surface area contributed by atoms with Crippen molar-refractivity contribution in [2.45, 2.75) is 33.7 Å². The molecule has 0 bridgehead atoms. The predicted molar refractivity (Wildman–Crippen MR) is 127 cm³/mol. The molecule has 1 amide bonds. The number of amides is 1. The Labute approximate surface area is 186 Å². The van der Waals surface area contributed by atoms with Gasteiger partial charge in [-0.05, 0) is 51.5 Å². The number of carbonyl (C=O) groups is 1. The van der Waals surface area contributed by atoms with Crippen LogP contribution in [0, 0.1) is 20.8 Å². The zero-order valence-electron chi connectivity index (χ0n) is 18.5. The van der Waals surface area contributed by atoms with Crippen molar-refractivity contribution in [2.75, 3.05) is 5.32 Å². The molecule has 0 saturated carbocycles. The molecule has 0 aliphatic carbocycles. The van der Waals surface area contributed by atoms with Crippen molar-refractivity contribution in [3.05, 3.63) is 92.9 Å². The first kappa shape index (κ1) is 21.3. The van der Waals surface area contributed by atoms with Crippen LogP contribution in [0.15, 0.2) is 63.8 Å². The quantitative estimate of drug-likeness (QED) is 0.464. The van der Waals surface area contributed by atoms with Gasteiger partial charge in [0.15, 0.2) is 11.1 Å². The van der Waals surface area contributed by atoms with E-state index in [0.29, 0.717) is 33.7 Å². The number of carbonyl (C=O) groups excluding carboxylic acids is 1. The molecule has 0 aliphatic rings. The second-order valence-corrected chi connectivity index (χ2v) is 8.06. The molecule has 6 nitrogen and oxygen atoms in total. The van der Waals surface area contributed by atoms with Crippen LogP contribution in [0.2, 0.25) is 0 Å². The van der Waals surface area contributed by atoms with Gasteiger partial charge in [0, 0.05) is 22.4 Å². The average Bonchev–Trinajstić information content (AvgIpc) is 2.77. The van der Waals surface area contributed by atoms with E-state index in [1.807, 2.05) is 62.4 Å². The number of anilines is 1. The van der Waals surface area contributed by atoms with Crippen LogP contribution in [-0.4, -0.2) is 10.9 Å². The average molecular weight is 428 g/mol. The number of fused-ring (bicyclic) bond motifs is 1. The third-order valence-electron chi connectivity index (χ3n) is 5.53. The Bertz CT molecular complexity index is 1390. The van der Waals surface area contributed by atoms with Crippen LogP contribution in [-0.2, 0) is 0 Å². The first-order valence-electron chi connectivity index (χ1n) is 10.4. The number of nitrogens with one attached hydrogen (secondary N) is 1. The first-order chi connectivity index (χ1) is 15.3. The van der Waals surface area contributed by atoms with Crippen molar-refractivity contribution < 1.29 is 9.21 Å². The van der Waals surface area contributed by atoms with E-state index in [9.17, 15) is 9.59 Å². The zero-order chi connectivity index (χ0) is 23.0. The van der Waals surface area contributed by atoms with Crippen LogP contribution in [0.5, 0.6) is 0 Å². The SMILES string of the molecule is Cc1cc(C(C)Nc2ccc(C)nc2C(N)=O)c2oc(-c3ccccc3)c(C)c(=O)c2c1. The minimum absolute atomic E-state index is 0.0583. The molecule has 0 radical (unpaired) electrons. The number of benzene rings is 2. The molecule has 2 aromatic heterocycles. The molecule has 0 aliphatic heterocycles. The van der Waals surface area contributed by atoms with Crippen molar-refractivity contribution in [3.8, 4) is 11.3 Å². The fourth-order valence-electron chi connectivity index (χ4n) is 3.93. The van der Waals surface area contributed by atoms with Crippen molar-refractivity contribution in [1.29, 1.82) is 0 Å². The van der Waals surface area contributed by atoms with Gasteiger partial charge in [0.25, 0.3) is 5.91 Å². The molecule has 6 heteroatoms. The maximum absolute atomic E-state index is 13.2. The highest BCUT2D eigenvalue weighted by Crippen LogP contribution is 2.32. The van der Waals surface area contributed by atoms with Gasteiger partial charge in [-0.1, -0.05) is 36.4 Å². The minimum Gasteiger partial charge on any atom is -0.455 e. The summed E-state index contributed by atoms with van der Waals surface area (Å²) in [5, 5.41) is 3.85. The summed E-state index contributed by atoms with van der Waals surface area (Å²) in [7, 11) is 0. The largest absolute Gasteiger partial charge is 0.455 e. The highest BCUT2D eigenvalue weighted by molar-refractivity contribution is 5.96. The van der Waals surface area contributed by atoms with E-state index in [1.54, 1.807) is 19.9 Å². The molecule has 4 aromatic rings. The lowest BCUT2D eigenvalue weighted by Gasteiger charge is -2.20. The van der Waals surface area contributed by atoms with Gasteiger partial charge in [0.2, 0.25) is 0 Å². The Hall–Kier alpha value is -3.93. The van der Waals surface area contributed by atoms with E-state index in [-0.39, 0.29) is 17.2 Å². The lowest BCUT2D eigenvalue weighted by molar-refractivity contribution is 0.0996. The molecule has 3 N–H and O–H groups in total. The number of pyridine rings is 1. The summed E-state index contributed by atoms with van der Waals surface area (Å²) >= 11 is 0. The third-order valence-corrected chi connectivity index (χ3v) is 5.53. The molecule has 2 heterocycles. The predicted octanol–water partition coefficient (Wildman–Crippen LogP) is 5.05. The third kappa shape index (κ3) is 3.87. The molecule has 4 rings (SSSR count). The fraction of sp³-hybridized carbons (Fsp3) is 0.192. The number of nitrogens with two attached hydrogens (primary N) is 1. The molecule has 0 spiro atoms. The summed E-state index contributed by atoms with van der Waals surface area (Å²) in [4.78, 5) is 29.4. The molecule has 162 valence electrons. The number of rotatable bonds is 5. The standard InChI is InChI=1S/C26H25N3O3/c1-14-12-19(17(4)29-21-11-10-15(2)28-22(21)26(27)31)25-20(13-14)23(30)16(3)24(32-25)18-8-6-5-7-9-18/h5-13,17,29H,1-4H3,(H2,27,31). The highest BCUT2D eigenvalue weighted by atomic mass is 16.3. The Balaban J connectivity index is 1.88. The normalized spacial score (nSPS) is 12.0. The van der Waals surface area contributed by atoms with Crippen LogP contribution in [0.1, 0.15) is 45.8 Å². The minimum atomic E-state index is -0.606. The van der Waals surface area contributed by atoms with E-state index in [4.69, 9.17) is 10.2 Å². The van der Waals surface area contributed by atoms with Gasteiger partial charge < -0.3 is 15.5 Å². The van der Waals surface area contributed by atoms with E-state index in [2.05, 4.69) is 10.3 Å². The number of primary amides is 1. The summed E-state index contributed by atoms with van der Waals surface area (Å²) in [6.07, 6.45) is 0. The Kier molecular flexibility index (Phi) is 5.53. The maximum Gasteiger partial charge on any atom is 0.269 e. The van der Waals surface area contributed by atoms with E-state index < -0.39 is 5.91 Å². The topological polar surface area (TPSA) is 98.2 Å². The van der Waals surface area contributed by atoms with Crippen molar-refractivity contribution in [3.63, 3.8) is 0 Å². The van der Waals surface area contributed by atoms with E-state index in [0.717, 1.165) is 16.7 Å². The lowest BCUT2D eigenvalue weighted by Crippen LogP contribution is -2.18. The highest BCUT2D eigenvalue weighted by Gasteiger charge is 2.20. The Morgan fingerprint density at radius 2 is 1.78 bits per heavy atom. The Morgan fingerprint density at radius 3 is 2.47 bits per heavy atom. The van der Waals surface area contributed by atoms with E-state index >= 15 is 0 Å². The zero-order valence-corrected chi connectivity index (χ0v) is 18.5. The Morgan fingerprint density at radius 1 is 1.06 bits per heavy atom. The number of aryl methyl sites for hydroxylation is 2. The summed E-state index contributed by atoms with van der Waals surface area (Å²) in [6.45, 7) is 7.48. The smallest absolute Gasteiger partial charge is 0.269 e. The van der Waals surface area contributed by atoms with Gasteiger partial charge in [-0.25, -0.2) is 4.98 Å². The van der Waals surface area contributed by atoms with Crippen LogP contribution in [0.3, 0.4) is 0 Å². The fourth-order valence-corrected chi connectivity index (χ4v) is 3.93. The molecule has 32 heavy (non-hydrogen) atoms. The van der Waals surface area contributed by atoms with Gasteiger partial charge in [0.05, 0.1) is 17.1 Å². The number of aromatic nitrogens is 1. The second-order valence-electron chi connectivity index (χ2n) is 8.06. The van der Waals surface area contributed by atoms with Crippen LogP contribution >= 0.6 is 0 Å². The number of hydrogen-bond acceptors (Lipinski definition) is 5. The van der Waals surface area contributed by atoms with Gasteiger partial charge in [-0.2, -0.15) is 0 Å². The second kappa shape index (κ2) is 8.30. The first-order valence-corrected chi connectivity index (χ1v) is 10.4. The summed E-state index contributed by atoms with van der Waals surface area (Å²) in [5.74, 6) is -0.0544. The molecule has 1 atom stereocenters. The molecule has 2 aromatic carbocycles.